The highest BCUT2D eigenvalue weighted by Crippen LogP contribution is 2.31. The molecule has 0 amide bonds. The second-order valence-electron chi connectivity index (χ2n) is 5.38. The third kappa shape index (κ3) is 3.10. The first-order valence-electron chi connectivity index (χ1n) is 6.93. The van der Waals surface area contributed by atoms with E-state index in [1.54, 1.807) is 0 Å². The standard InChI is InChI=1S/C17H16BrNO2/c18-15-6-3-4-12(8-15)10-19-11-14(17(20)21)9-13-5-1-2-7-16(13)19/h1-8,14H,9-11H2,(H,20,21). The number of anilines is 1. The highest BCUT2D eigenvalue weighted by Gasteiger charge is 2.28. The molecule has 0 spiro atoms. The van der Waals surface area contributed by atoms with Gasteiger partial charge in [0.25, 0.3) is 0 Å². The third-order valence-corrected chi connectivity index (χ3v) is 4.34. The second kappa shape index (κ2) is 5.90. The van der Waals surface area contributed by atoms with E-state index in [4.69, 9.17) is 0 Å². The Morgan fingerprint density at radius 3 is 2.81 bits per heavy atom. The normalized spacial score (nSPS) is 17.4. The van der Waals surface area contributed by atoms with Gasteiger partial charge in [0.05, 0.1) is 5.92 Å². The maximum Gasteiger partial charge on any atom is 0.308 e. The molecule has 1 atom stereocenters. The first-order chi connectivity index (χ1) is 10.1. The van der Waals surface area contributed by atoms with Crippen molar-refractivity contribution < 1.29 is 9.90 Å². The van der Waals surface area contributed by atoms with Crippen LogP contribution in [0, 0.1) is 5.92 Å². The first-order valence-corrected chi connectivity index (χ1v) is 7.73. The molecule has 0 saturated carbocycles. The van der Waals surface area contributed by atoms with Gasteiger partial charge in [0.2, 0.25) is 0 Å². The molecule has 21 heavy (non-hydrogen) atoms. The van der Waals surface area contributed by atoms with Crippen LogP contribution < -0.4 is 4.90 Å². The molecule has 3 nitrogen and oxygen atoms in total. The summed E-state index contributed by atoms with van der Waals surface area (Å²) in [6, 6.07) is 16.2. The van der Waals surface area contributed by atoms with E-state index < -0.39 is 5.97 Å². The molecule has 0 saturated heterocycles. The molecule has 0 radical (unpaired) electrons. The van der Waals surface area contributed by atoms with Gasteiger partial charge in [-0.3, -0.25) is 4.79 Å². The summed E-state index contributed by atoms with van der Waals surface area (Å²) in [5, 5.41) is 9.36. The molecule has 1 N–H and O–H groups in total. The summed E-state index contributed by atoms with van der Waals surface area (Å²) >= 11 is 3.48. The number of benzene rings is 2. The molecular weight excluding hydrogens is 330 g/mol. The lowest BCUT2D eigenvalue weighted by atomic mass is 9.92. The number of hydrogen-bond donors (Lipinski definition) is 1. The van der Waals surface area contributed by atoms with Crippen molar-refractivity contribution in [2.24, 2.45) is 5.92 Å². The summed E-state index contributed by atoms with van der Waals surface area (Å²) < 4.78 is 1.04. The Kier molecular flexibility index (Phi) is 3.97. The van der Waals surface area contributed by atoms with Crippen LogP contribution in [-0.2, 0) is 17.8 Å². The number of carbonyl (C=O) groups is 1. The van der Waals surface area contributed by atoms with Gasteiger partial charge in [-0.05, 0) is 35.7 Å². The maximum atomic E-state index is 11.4. The quantitative estimate of drug-likeness (QED) is 0.921. The zero-order valence-corrected chi connectivity index (χ0v) is 13.1. The van der Waals surface area contributed by atoms with Crippen molar-refractivity contribution in [1.29, 1.82) is 0 Å². The van der Waals surface area contributed by atoms with E-state index in [-0.39, 0.29) is 5.92 Å². The monoisotopic (exact) mass is 345 g/mol. The van der Waals surface area contributed by atoms with Crippen LogP contribution in [0.4, 0.5) is 5.69 Å². The molecule has 3 rings (SSSR count). The summed E-state index contributed by atoms with van der Waals surface area (Å²) in [6.45, 7) is 1.28. The van der Waals surface area contributed by atoms with E-state index >= 15 is 0 Å². The van der Waals surface area contributed by atoms with Crippen molar-refractivity contribution in [3.63, 3.8) is 0 Å². The van der Waals surface area contributed by atoms with Crippen LogP contribution in [0.15, 0.2) is 53.0 Å². The van der Waals surface area contributed by atoms with Crippen molar-refractivity contribution in [3.05, 3.63) is 64.1 Å². The Labute approximate surface area is 132 Å². The number of fused-ring (bicyclic) bond motifs is 1. The Bertz CT molecular complexity index is 671. The number of carboxylic acid groups (broad SMARTS) is 1. The molecule has 0 aliphatic carbocycles. The third-order valence-electron chi connectivity index (χ3n) is 3.85. The largest absolute Gasteiger partial charge is 0.481 e. The van der Waals surface area contributed by atoms with Crippen molar-refractivity contribution in [2.45, 2.75) is 13.0 Å². The molecule has 1 unspecified atom stereocenters. The zero-order chi connectivity index (χ0) is 14.8. The van der Waals surface area contributed by atoms with E-state index in [0.29, 0.717) is 13.0 Å². The van der Waals surface area contributed by atoms with E-state index in [9.17, 15) is 9.90 Å². The minimum Gasteiger partial charge on any atom is -0.481 e. The molecule has 1 aliphatic heterocycles. The fourth-order valence-corrected chi connectivity index (χ4v) is 3.30. The van der Waals surface area contributed by atoms with E-state index in [0.717, 1.165) is 22.3 Å². The number of nitrogens with zero attached hydrogens (tertiary/aromatic N) is 1. The molecule has 2 aromatic carbocycles. The van der Waals surface area contributed by atoms with Gasteiger partial charge in [-0.15, -0.1) is 0 Å². The molecule has 1 aliphatic rings. The van der Waals surface area contributed by atoms with Gasteiger partial charge in [0.1, 0.15) is 0 Å². The van der Waals surface area contributed by atoms with Gasteiger partial charge >= 0.3 is 5.97 Å². The van der Waals surface area contributed by atoms with Crippen LogP contribution in [0.5, 0.6) is 0 Å². The Morgan fingerprint density at radius 1 is 1.24 bits per heavy atom. The van der Waals surface area contributed by atoms with Gasteiger partial charge in [-0.1, -0.05) is 46.3 Å². The van der Waals surface area contributed by atoms with E-state index in [1.807, 2.05) is 30.3 Å². The molecule has 4 heteroatoms. The number of hydrogen-bond acceptors (Lipinski definition) is 2. The molecule has 2 aromatic rings. The fourth-order valence-electron chi connectivity index (χ4n) is 2.86. The highest BCUT2D eigenvalue weighted by molar-refractivity contribution is 9.10. The first kappa shape index (κ1) is 14.1. The molecule has 0 fully saturated rings. The van der Waals surface area contributed by atoms with Crippen molar-refractivity contribution in [1.82, 2.24) is 0 Å². The molecule has 1 heterocycles. The van der Waals surface area contributed by atoms with Gasteiger partial charge < -0.3 is 10.0 Å². The topological polar surface area (TPSA) is 40.5 Å². The van der Waals surface area contributed by atoms with Crippen molar-refractivity contribution in [3.8, 4) is 0 Å². The Balaban J connectivity index is 1.91. The lowest BCUT2D eigenvalue weighted by molar-refractivity contribution is -0.141. The Hall–Kier alpha value is -1.81. The minimum absolute atomic E-state index is 0.341. The van der Waals surface area contributed by atoms with Crippen LogP contribution in [0.3, 0.4) is 0 Å². The summed E-state index contributed by atoms with van der Waals surface area (Å²) in [6.07, 6.45) is 0.612. The lowest BCUT2D eigenvalue weighted by Crippen LogP contribution is -2.38. The van der Waals surface area contributed by atoms with Gasteiger partial charge in [-0.25, -0.2) is 0 Å². The SMILES string of the molecule is O=C(O)C1Cc2ccccc2N(Cc2cccc(Br)c2)C1. The lowest BCUT2D eigenvalue weighted by Gasteiger charge is -2.34. The number of halogens is 1. The van der Waals surface area contributed by atoms with Crippen molar-refractivity contribution >= 4 is 27.6 Å². The summed E-state index contributed by atoms with van der Waals surface area (Å²) in [5.74, 6) is -1.06. The summed E-state index contributed by atoms with van der Waals surface area (Å²) in [5.41, 5.74) is 3.44. The van der Waals surface area contributed by atoms with E-state index in [2.05, 4.69) is 39.0 Å². The number of rotatable bonds is 3. The van der Waals surface area contributed by atoms with Crippen LogP contribution in [0.2, 0.25) is 0 Å². The summed E-state index contributed by atoms with van der Waals surface area (Å²) in [4.78, 5) is 13.5. The zero-order valence-electron chi connectivity index (χ0n) is 11.5. The predicted molar refractivity (Wildman–Crippen MR) is 86.5 cm³/mol. The number of aliphatic carboxylic acids is 1. The van der Waals surface area contributed by atoms with E-state index in [1.165, 1.54) is 5.56 Å². The summed E-state index contributed by atoms with van der Waals surface area (Å²) in [7, 11) is 0. The molecular formula is C17H16BrNO2. The van der Waals surface area contributed by atoms with Gasteiger partial charge in [0.15, 0.2) is 0 Å². The smallest absolute Gasteiger partial charge is 0.308 e. The number of carboxylic acids is 1. The number of para-hydroxylation sites is 1. The van der Waals surface area contributed by atoms with Gasteiger partial charge in [0, 0.05) is 23.2 Å². The molecule has 0 aromatic heterocycles. The van der Waals surface area contributed by atoms with Crippen molar-refractivity contribution in [2.75, 3.05) is 11.4 Å². The molecule has 0 bridgehead atoms. The predicted octanol–water partition coefficient (Wildman–Crippen LogP) is 3.71. The van der Waals surface area contributed by atoms with Crippen LogP contribution in [0.25, 0.3) is 0 Å². The molecule has 108 valence electrons. The maximum absolute atomic E-state index is 11.4. The Morgan fingerprint density at radius 2 is 2.05 bits per heavy atom. The van der Waals surface area contributed by atoms with Gasteiger partial charge in [-0.2, -0.15) is 0 Å². The highest BCUT2D eigenvalue weighted by atomic mass is 79.9. The minimum atomic E-state index is -0.719. The van der Waals surface area contributed by atoms with Crippen LogP contribution in [0.1, 0.15) is 11.1 Å². The average Bonchev–Trinajstić information content (AvgIpc) is 2.47. The fraction of sp³-hybridized carbons (Fsp3) is 0.235. The van der Waals surface area contributed by atoms with Crippen LogP contribution >= 0.6 is 15.9 Å². The average molecular weight is 346 g/mol. The second-order valence-corrected chi connectivity index (χ2v) is 6.29. The van der Waals surface area contributed by atoms with Crippen LogP contribution in [-0.4, -0.2) is 17.6 Å².